The molecule has 0 atom stereocenters. The van der Waals surface area contributed by atoms with Crippen LogP contribution in [0.25, 0.3) is 0 Å². The summed E-state index contributed by atoms with van der Waals surface area (Å²) in [6, 6.07) is 12.3. The first-order valence-electron chi connectivity index (χ1n) is 14.2. The Labute approximate surface area is 241 Å². The molecule has 0 fully saturated rings. The topological polar surface area (TPSA) is 92.3 Å². The van der Waals surface area contributed by atoms with Crippen LogP contribution in [0.2, 0.25) is 0 Å². The number of aryl methyl sites for hydroxylation is 1. The number of hydrogen-bond donors (Lipinski definition) is 2. The number of carbonyl (C=O) groups is 4. The standard InChI is InChI=1S/C35H34N2O4/c1-2-3-4-8-13-20-37-31-24-33(39)27-19-18-25(22-29(27)35(31)41)15-10-7-5-6-9-14-21-36-30-23-32(38)26-16-11-12-17-28(26)34(30)40/h11-12,16-19,22-24,36-37H,2-3,5,7,10,13-15,20-21H2,1H3. The highest BCUT2D eigenvalue weighted by atomic mass is 16.1. The lowest BCUT2D eigenvalue weighted by Gasteiger charge is -2.17. The number of fused-ring (bicyclic) bond motifs is 2. The summed E-state index contributed by atoms with van der Waals surface area (Å²) < 4.78 is 0. The van der Waals surface area contributed by atoms with E-state index in [-0.39, 0.29) is 23.1 Å². The first-order valence-corrected chi connectivity index (χ1v) is 14.2. The Balaban J connectivity index is 1.17. The molecular weight excluding hydrogens is 512 g/mol. The molecule has 0 radical (unpaired) electrons. The minimum absolute atomic E-state index is 0.151. The van der Waals surface area contributed by atoms with Gasteiger partial charge >= 0.3 is 0 Å². The lowest BCUT2D eigenvalue weighted by atomic mass is 9.90. The van der Waals surface area contributed by atoms with Crippen molar-refractivity contribution in [1.29, 1.82) is 0 Å². The number of rotatable bonds is 11. The van der Waals surface area contributed by atoms with Crippen LogP contribution in [0.4, 0.5) is 0 Å². The van der Waals surface area contributed by atoms with Crippen molar-refractivity contribution < 1.29 is 19.2 Å². The molecule has 0 amide bonds. The molecule has 0 saturated carbocycles. The van der Waals surface area contributed by atoms with Crippen LogP contribution in [-0.4, -0.2) is 36.2 Å². The van der Waals surface area contributed by atoms with Crippen LogP contribution < -0.4 is 10.6 Å². The summed E-state index contributed by atoms with van der Waals surface area (Å²) >= 11 is 0. The number of Topliss-reactive ketones (excluding diaryl/α,β-unsaturated/α-hetero) is 2. The number of carbonyl (C=O) groups excluding carboxylic acids is 4. The molecule has 0 heterocycles. The molecule has 2 aliphatic carbocycles. The minimum atomic E-state index is -0.169. The van der Waals surface area contributed by atoms with Crippen LogP contribution in [0.1, 0.15) is 98.9 Å². The Morgan fingerprint density at radius 1 is 0.610 bits per heavy atom. The highest BCUT2D eigenvalue weighted by Gasteiger charge is 2.26. The predicted octanol–water partition coefficient (Wildman–Crippen LogP) is 5.39. The molecule has 2 N–H and O–H groups in total. The fourth-order valence-electron chi connectivity index (χ4n) is 4.69. The lowest BCUT2D eigenvalue weighted by Crippen LogP contribution is -2.27. The number of unbranched alkanes of at least 4 members (excludes halogenated alkanes) is 3. The molecule has 0 bridgehead atoms. The Morgan fingerprint density at radius 3 is 1.83 bits per heavy atom. The fraction of sp³-hybridized carbons (Fsp3) is 0.314. The van der Waals surface area contributed by atoms with Gasteiger partial charge in [0.05, 0.1) is 11.4 Å². The number of ketones is 4. The third-order valence-corrected chi connectivity index (χ3v) is 6.84. The maximum Gasteiger partial charge on any atom is 0.209 e. The molecule has 2 aromatic carbocycles. The molecule has 41 heavy (non-hydrogen) atoms. The normalized spacial score (nSPS) is 13.6. The van der Waals surface area contributed by atoms with Gasteiger partial charge in [-0.15, -0.1) is 23.7 Å². The maximum absolute atomic E-state index is 13.0. The molecule has 0 unspecified atom stereocenters. The zero-order chi connectivity index (χ0) is 29.0. The van der Waals surface area contributed by atoms with Crippen molar-refractivity contribution in [2.75, 3.05) is 13.1 Å². The van der Waals surface area contributed by atoms with Crippen LogP contribution in [0.3, 0.4) is 0 Å². The van der Waals surface area contributed by atoms with Gasteiger partial charge < -0.3 is 10.6 Å². The predicted molar refractivity (Wildman–Crippen MR) is 160 cm³/mol. The van der Waals surface area contributed by atoms with Gasteiger partial charge in [0.15, 0.2) is 11.6 Å². The van der Waals surface area contributed by atoms with Crippen molar-refractivity contribution in [1.82, 2.24) is 10.6 Å². The zero-order valence-electron chi connectivity index (χ0n) is 23.4. The molecule has 0 spiro atoms. The van der Waals surface area contributed by atoms with Crippen LogP contribution in [0, 0.1) is 23.7 Å². The van der Waals surface area contributed by atoms with Crippen molar-refractivity contribution in [3.8, 4) is 23.7 Å². The van der Waals surface area contributed by atoms with Gasteiger partial charge in [0.2, 0.25) is 11.6 Å². The van der Waals surface area contributed by atoms with Crippen LogP contribution in [0.5, 0.6) is 0 Å². The van der Waals surface area contributed by atoms with Crippen molar-refractivity contribution in [3.63, 3.8) is 0 Å². The smallest absolute Gasteiger partial charge is 0.209 e. The summed E-state index contributed by atoms with van der Waals surface area (Å²) in [5.74, 6) is 11.8. The van der Waals surface area contributed by atoms with E-state index < -0.39 is 0 Å². The number of nitrogens with one attached hydrogen (secondary N) is 2. The van der Waals surface area contributed by atoms with E-state index in [9.17, 15) is 19.2 Å². The second kappa shape index (κ2) is 14.6. The largest absolute Gasteiger partial charge is 0.381 e. The fourth-order valence-corrected chi connectivity index (χ4v) is 4.69. The van der Waals surface area contributed by atoms with Gasteiger partial charge in [-0.2, -0.15) is 0 Å². The average Bonchev–Trinajstić information content (AvgIpc) is 2.98. The number of hydrogen-bond acceptors (Lipinski definition) is 6. The zero-order valence-corrected chi connectivity index (χ0v) is 23.4. The summed E-state index contributed by atoms with van der Waals surface area (Å²) in [7, 11) is 0. The molecule has 2 aliphatic rings. The van der Waals surface area contributed by atoms with E-state index in [0.717, 1.165) is 44.1 Å². The Bertz CT molecular complexity index is 1540. The summed E-state index contributed by atoms with van der Waals surface area (Å²) in [6.45, 7) is 3.09. The van der Waals surface area contributed by atoms with E-state index in [1.165, 1.54) is 12.2 Å². The summed E-state index contributed by atoms with van der Waals surface area (Å²) in [5.41, 5.74) is 3.45. The molecule has 208 valence electrons. The molecule has 6 nitrogen and oxygen atoms in total. The average molecular weight is 547 g/mol. The lowest BCUT2D eigenvalue weighted by molar-refractivity contribution is 0.0978. The summed E-state index contributed by atoms with van der Waals surface area (Å²) in [4.78, 5) is 50.3. The van der Waals surface area contributed by atoms with Gasteiger partial charge in [-0.1, -0.05) is 43.3 Å². The van der Waals surface area contributed by atoms with Crippen molar-refractivity contribution in [2.45, 2.75) is 58.3 Å². The van der Waals surface area contributed by atoms with Gasteiger partial charge in [-0.05, 0) is 37.3 Å². The summed E-state index contributed by atoms with van der Waals surface area (Å²) in [5, 5.41) is 6.13. The van der Waals surface area contributed by atoms with E-state index >= 15 is 0 Å². The van der Waals surface area contributed by atoms with Crippen LogP contribution >= 0.6 is 0 Å². The SMILES string of the molecule is CCCC#CCCNC1=CC(=O)c2ccc(CCCCC#CCCNC3=CC(=O)c4ccccc4C3=O)cc2C1=O. The third-order valence-electron chi connectivity index (χ3n) is 6.84. The van der Waals surface area contributed by atoms with E-state index in [1.807, 2.05) is 12.1 Å². The first-order chi connectivity index (χ1) is 20.0. The monoisotopic (exact) mass is 546 g/mol. The van der Waals surface area contributed by atoms with Gasteiger partial charge in [0, 0.05) is 73.2 Å². The third kappa shape index (κ3) is 7.71. The van der Waals surface area contributed by atoms with Crippen molar-refractivity contribution >= 4 is 23.1 Å². The van der Waals surface area contributed by atoms with Crippen molar-refractivity contribution in [2.24, 2.45) is 0 Å². The summed E-state index contributed by atoms with van der Waals surface area (Å²) in [6.07, 6.45) is 9.18. The van der Waals surface area contributed by atoms with Gasteiger partial charge in [-0.3, -0.25) is 19.2 Å². The van der Waals surface area contributed by atoms with Crippen LogP contribution in [0.15, 0.2) is 66.0 Å². The first kappa shape index (κ1) is 29.3. The number of allylic oxidation sites excluding steroid dienone is 4. The molecule has 2 aromatic rings. The van der Waals surface area contributed by atoms with E-state index in [4.69, 9.17) is 0 Å². The molecule has 4 rings (SSSR count). The Kier molecular flexibility index (Phi) is 10.5. The van der Waals surface area contributed by atoms with Gasteiger partial charge in [0.25, 0.3) is 0 Å². The van der Waals surface area contributed by atoms with Crippen LogP contribution in [-0.2, 0) is 6.42 Å². The molecule has 0 aliphatic heterocycles. The Morgan fingerprint density at radius 2 is 1.17 bits per heavy atom. The van der Waals surface area contributed by atoms with E-state index in [2.05, 4.69) is 41.2 Å². The quantitative estimate of drug-likeness (QED) is 0.290. The molecule has 0 saturated heterocycles. The molecule has 0 aromatic heterocycles. The van der Waals surface area contributed by atoms with Gasteiger partial charge in [0.1, 0.15) is 0 Å². The second-order valence-corrected chi connectivity index (χ2v) is 9.95. The van der Waals surface area contributed by atoms with E-state index in [1.54, 1.807) is 30.3 Å². The number of benzene rings is 2. The molecule has 6 heteroatoms. The Hall–Kier alpha value is -4.68. The van der Waals surface area contributed by atoms with Crippen molar-refractivity contribution in [3.05, 3.63) is 93.8 Å². The van der Waals surface area contributed by atoms with E-state index in [0.29, 0.717) is 59.6 Å². The highest BCUT2D eigenvalue weighted by molar-refractivity contribution is 6.25. The van der Waals surface area contributed by atoms with Gasteiger partial charge in [-0.25, -0.2) is 0 Å². The maximum atomic E-state index is 13.0. The highest BCUT2D eigenvalue weighted by Crippen LogP contribution is 2.23. The minimum Gasteiger partial charge on any atom is -0.381 e. The second-order valence-electron chi connectivity index (χ2n) is 9.95. The molecular formula is C35H34N2O4.